The minimum atomic E-state index is 0.467. The van der Waals surface area contributed by atoms with E-state index in [1.54, 1.807) is 0 Å². The van der Waals surface area contributed by atoms with E-state index in [-0.39, 0.29) is 0 Å². The van der Waals surface area contributed by atoms with Crippen molar-refractivity contribution < 1.29 is 4.74 Å². The zero-order chi connectivity index (χ0) is 9.40. The van der Waals surface area contributed by atoms with Crippen LogP contribution in [-0.2, 0) is 4.74 Å². The molecular formula is C8H18Br2OSi. The molecule has 0 spiro atoms. The molecule has 0 rings (SSSR count). The summed E-state index contributed by atoms with van der Waals surface area (Å²) in [6, 6.07) is 0. The molecule has 0 aliphatic rings. The number of alkyl halides is 2. The summed E-state index contributed by atoms with van der Waals surface area (Å²) in [7, 11) is 1.11. The van der Waals surface area contributed by atoms with Gasteiger partial charge < -0.3 is 4.74 Å². The minimum Gasteiger partial charge on any atom is -0.382 e. The van der Waals surface area contributed by atoms with Crippen LogP contribution in [0.3, 0.4) is 0 Å². The maximum Gasteiger partial charge on any atom is 0.0506 e. The van der Waals surface area contributed by atoms with E-state index in [9.17, 15) is 0 Å². The van der Waals surface area contributed by atoms with Crippen LogP contribution in [0, 0.1) is 0 Å². The summed E-state index contributed by atoms with van der Waals surface area (Å²) < 4.78 is 5.69. The lowest BCUT2D eigenvalue weighted by molar-refractivity contribution is 0.103. The lowest BCUT2D eigenvalue weighted by Crippen LogP contribution is -2.25. The number of halogens is 2. The summed E-state index contributed by atoms with van der Waals surface area (Å²) in [6.07, 6.45) is 3.56. The van der Waals surface area contributed by atoms with Crippen LogP contribution >= 0.6 is 31.9 Å². The van der Waals surface area contributed by atoms with E-state index in [1.807, 2.05) is 0 Å². The molecule has 0 fully saturated rings. The fourth-order valence-electron chi connectivity index (χ4n) is 0.857. The maximum absolute atomic E-state index is 5.69. The van der Waals surface area contributed by atoms with Crippen LogP contribution in [0.25, 0.3) is 0 Å². The maximum atomic E-state index is 5.69. The second-order valence-corrected chi connectivity index (χ2v) is 6.03. The second kappa shape index (κ2) is 8.72. The van der Waals surface area contributed by atoms with Crippen LogP contribution in [0.1, 0.15) is 26.2 Å². The molecule has 0 heterocycles. The van der Waals surface area contributed by atoms with Crippen molar-refractivity contribution in [1.82, 2.24) is 0 Å². The molecule has 0 saturated carbocycles. The molecule has 74 valence electrons. The molecule has 0 amide bonds. The SMILES string of the molecule is CCCCOC([SiH3])C(Br)CCBr. The Kier molecular flexibility index (Phi) is 9.55. The van der Waals surface area contributed by atoms with Gasteiger partial charge in [-0.25, -0.2) is 0 Å². The van der Waals surface area contributed by atoms with Crippen LogP contribution in [0.5, 0.6) is 0 Å². The average Bonchev–Trinajstić information content (AvgIpc) is 2.05. The Bertz CT molecular complexity index is 103. The van der Waals surface area contributed by atoms with Crippen molar-refractivity contribution >= 4 is 42.1 Å². The van der Waals surface area contributed by atoms with Crippen molar-refractivity contribution in [2.75, 3.05) is 11.9 Å². The summed E-state index contributed by atoms with van der Waals surface area (Å²) in [6.45, 7) is 3.12. The molecule has 0 aromatic rings. The molecule has 2 unspecified atom stereocenters. The average molecular weight is 318 g/mol. The highest BCUT2D eigenvalue weighted by Crippen LogP contribution is 2.13. The molecule has 0 bridgehead atoms. The third-order valence-corrected chi connectivity index (χ3v) is 5.55. The van der Waals surface area contributed by atoms with E-state index >= 15 is 0 Å². The monoisotopic (exact) mass is 316 g/mol. The Morgan fingerprint density at radius 1 is 1.50 bits per heavy atom. The van der Waals surface area contributed by atoms with Crippen LogP contribution in [-0.4, -0.2) is 32.7 Å². The van der Waals surface area contributed by atoms with Gasteiger partial charge in [0.05, 0.1) is 5.73 Å². The van der Waals surface area contributed by atoms with Gasteiger partial charge in [-0.3, -0.25) is 0 Å². The Labute approximate surface area is 95.3 Å². The van der Waals surface area contributed by atoms with Crippen molar-refractivity contribution in [2.45, 2.75) is 36.7 Å². The highest BCUT2D eigenvalue weighted by atomic mass is 79.9. The quantitative estimate of drug-likeness (QED) is 0.397. The van der Waals surface area contributed by atoms with Crippen molar-refractivity contribution in [3.8, 4) is 0 Å². The van der Waals surface area contributed by atoms with Gasteiger partial charge in [-0.1, -0.05) is 45.2 Å². The van der Waals surface area contributed by atoms with Gasteiger partial charge in [0.1, 0.15) is 0 Å². The van der Waals surface area contributed by atoms with Crippen molar-refractivity contribution in [3.63, 3.8) is 0 Å². The van der Waals surface area contributed by atoms with Gasteiger partial charge in [-0.2, -0.15) is 0 Å². The number of rotatable bonds is 7. The zero-order valence-corrected chi connectivity index (χ0v) is 13.0. The molecule has 4 heteroatoms. The molecule has 0 aromatic heterocycles. The van der Waals surface area contributed by atoms with Gasteiger partial charge in [0, 0.05) is 27.0 Å². The second-order valence-electron chi connectivity index (χ2n) is 2.92. The predicted octanol–water partition coefficient (Wildman–Crippen LogP) is 2.04. The highest BCUT2D eigenvalue weighted by molar-refractivity contribution is 9.10. The van der Waals surface area contributed by atoms with Gasteiger partial charge in [-0.15, -0.1) is 0 Å². The van der Waals surface area contributed by atoms with Gasteiger partial charge in [0.25, 0.3) is 0 Å². The number of hydrogen-bond acceptors (Lipinski definition) is 1. The molecule has 0 saturated heterocycles. The lowest BCUT2D eigenvalue weighted by atomic mass is 10.3. The molecular weight excluding hydrogens is 300 g/mol. The Hall–Kier alpha value is 1.14. The largest absolute Gasteiger partial charge is 0.382 e. The molecule has 0 aliphatic carbocycles. The third-order valence-electron chi connectivity index (χ3n) is 1.77. The van der Waals surface area contributed by atoms with Crippen molar-refractivity contribution in [1.29, 1.82) is 0 Å². The summed E-state index contributed by atoms with van der Waals surface area (Å²) in [5, 5.41) is 1.05. The summed E-state index contributed by atoms with van der Waals surface area (Å²) >= 11 is 7.07. The Morgan fingerprint density at radius 2 is 2.17 bits per heavy atom. The van der Waals surface area contributed by atoms with Gasteiger partial charge in [0.2, 0.25) is 0 Å². The molecule has 1 nitrogen and oxygen atoms in total. The fraction of sp³-hybridized carbons (Fsp3) is 1.00. The van der Waals surface area contributed by atoms with E-state index in [0.29, 0.717) is 10.6 Å². The number of ether oxygens (including phenoxy) is 1. The van der Waals surface area contributed by atoms with Gasteiger partial charge in [-0.05, 0) is 12.8 Å². The molecule has 0 aliphatic heterocycles. The van der Waals surface area contributed by atoms with E-state index in [4.69, 9.17) is 4.74 Å². The van der Waals surface area contributed by atoms with Gasteiger partial charge >= 0.3 is 0 Å². The number of hydrogen-bond donors (Lipinski definition) is 0. The van der Waals surface area contributed by atoms with E-state index in [0.717, 1.165) is 28.6 Å². The highest BCUT2D eigenvalue weighted by Gasteiger charge is 2.12. The lowest BCUT2D eigenvalue weighted by Gasteiger charge is -2.18. The molecule has 2 atom stereocenters. The van der Waals surface area contributed by atoms with Crippen LogP contribution in [0.2, 0.25) is 0 Å². The standard InChI is InChI=1S/C8H18Br2OSi/c1-2-3-6-11-8(12)7(10)4-5-9/h7-8H,2-6H2,1,12H3. The van der Waals surface area contributed by atoms with E-state index in [1.165, 1.54) is 12.8 Å². The Morgan fingerprint density at radius 3 is 2.67 bits per heavy atom. The zero-order valence-electron chi connectivity index (χ0n) is 7.85. The van der Waals surface area contributed by atoms with E-state index in [2.05, 4.69) is 38.8 Å². The Balaban J connectivity index is 3.35. The first-order valence-corrected chi connectivity index (χ1v) is 7.73. The molecule has 0 radical (unpaired) electrons. The smallest absolute Gasteiger partial charge is 0.0506 e. The molecule has 0 N–H and O–H groups in total. The first-order chi connectivity index (χ1) is 5.72. The van der Waals surface area contributed by atoms with Crippen LogP contribution in [0.4, 0.5) is 0 Å². The summed E-state index contributed by atoms with van der Waals surface area (Å²) in [5.41, 5.74) is 0.467. The normalized spacial score (nSPS) is 16.2. The molecule has 12 heavy (non-hydrogen) atoms. The minimum absolute atomic E-state index is 0.467. The van der Waals surface area contributed by atoms with Crippen molar-refractivity contribution in [3.05, 3.63) is 0 Å². The number of unbranched alkanes of at least 4 members (excludes halogenated alkanes) is 1. The van der Waals surface area contributed by atoms with E-state index < -0.39 is 0 Å². The predicted molar refractivity (Wildman–Crippen MR) is 65.7 cm³/mol. The van der Waals surface area contributed by atoms with Crippen LogP contribution < -0.4 is 0 Å². The fourth-order valence-corrected chi connectivity index (χ4v) is 2.92. The summed E-state index contributed by atoms with van der Waals surface area (Å²) in [4.78, 5) is 0.542. The first kappa shape index (κ1) is 13.1. The van der Waals surface area contributed by atoms with Crippen LogP contribution in [0.15, 0.2) is 0 Å². The summed E-state index contributed by atoms with van der Waals surface area (Å²) in [5.74, 6) is 0. The van der Waals surface area contributed by atoms with Gasteiger partial charge in [0.15, 0.2) is 0 Å². The first-order valence-electron chi connectivity index (χ1n) is 4.54. The topological polar surface area (TPSA) is 9.23 Å². The third kappa shape index (κ3) is 6.63. The van der Waals surface area contributed by atoms with Crippen molar-refractivity contribution in [2.24, 2.45) is 0 Å². The molecule has 0 aromatic carbocycles.